The number of aromatic nitrogens is 3. The Balaban J connectivity index is 1.66. The molecule has 0 atom stereocenters. The summed E-state index contributed by atoms with van der Waals surface area (Å²) in [6, 6.07) is 13.3. The number of benzene rings is 2. The van der Waals surface area contributed by atoms with Crippen molar-refractivity contribution in [3.63, 3.8) is 0 Å². The van der Waals surface area contributed by atoms with Crippen molar-refractivity contribution in [1.29, 1.82) is 0 Å². The van der Waals surface area contributed by atoms with E-state index in [1.165, 1.54) is 15.9 Å². The van der Waals surface area contributed by atoms with E-state index >= 15 is 0 Å². The van der Waals surface area contributed by atoms with E-state index in [2.05, 4.69) is 26.0 Å². The van der Waals surface area contributed by atoms with Crippen LogP contribution in [0.15, 0.2) is 51.7 Å². The molecule has 146 valence electrons. The quantitative estimate of drug-likeness (QED) is 0.446. The monoisotopic (exact) mass is 469 g/mol. The maximum Gasteiger partial charge on any atom is 0.291 e. The summed E-state index contributed by atoms with van der Waals surface area (Å²) < 4.78 is 13.3. The molecule has 2 aromatic heterocycles. The summed E-state index contributed by atoms with van der Waals surface area (Å²) in [6.45, 7) is 0. The largest absolute Gasteiger partial charge is 0.497 e. The van der Waals surface area contributed by atoms with E-state index < -0.39 is 0 Å². The number of methoxy groups -OCH3 is 2. The summed E-state index contributed by atoms with van der Waals surface area (Å²) in [5, 5.41) is 4.31. The van der Waals surface area contributed by atoms with E-state index in [0.29, 0.717) is 21.1 Å². The first-order valence-corrected chi connectivity index (χ1v) is 10.3. The maximum absolute atomic E-state index is 12.7. The van der Waals surface area contributed by atoms with Gasteiger partial charge in [0.25, 0.3) is 5.56 Å². The highest BCUT2D eigenvalue weighted by molar-refractivity contribution is 9.10. The van der Waals surface area contributed by atoms with Crippen molar-refractivity contribution in [3.8, 4) is 11.5 Å². The van der Waals surface area contributed by atoms with Crippen LogP contribution in [0.5, 0.6) is 11.5 Å². The molecule has 29 heavy (non-hydrogen) atoms. The van der Waals surface area contributed by atoms with Crippen LogP contribution in [0.1, 0.15) is 17.0 Å². The lowest BCUT2D eigenvalue weighted by Crippen LogP contribution is -2.23. The predicted molar refractivity (Wildman–Crippen MR) is 119 cm³/mol. The van der Waals surface area contributed by atoms with Gasteiger partial charge in [0.2, 0.25) is 4.96 Å². The van der Waals surface area contributed by atoms with Gasteiger partial charge in [-0.25, -0.2) is 0 Å². The molecule has 0 radical (unpaired) electrons. The number of hydrogen-bond donors (Lipinski definition) is 0. The van der Waals surface area contributed by atoms with Crippen LogP contribution < -0.4 is 19.6 Å². The minimum atomic E-state index is -0.205. The number of fused-ring (bicyclic) bond motifs is 1. The van der Waals surface area contributed by atoms with Crippen LogP contribution in [-0.4, -0.2) is 28.8 Å². The second-order valence-electron chi connectivity index (χ2n) is 6.07. The third-order valence-electron chi connectivity index (χ3n) is 4.22. The molecule has 0 unspecified atom stereocenters. The molecule has 8 heteroatoms. The second kappa shape index (κ2) is 8.18. The third-order valence-corrected chi connectivity index (χ3v) is 5.67. The van der Waals surface area contributed by atoms with E-state index in [0.717, 1.165) is 21.3 Å². The number of rotatable bonds is 5. The number of hydrogen-bond acceptors (Lipinski definition) is 6. The van der Waals surface area contributed by atoms with Crippen molar-refractivity contribution in [2.24, 2.45) is 0 Å². The Hall–Kier alpha value is -2.97. The summed E-state index contributed by atoms with van der Waals surface area (Å²) in [5.41, 5.74) is 1.59. The van der Waals surface area contributed by atoms with Crippen molar-refractivity contribution >= 4 is 50.5 Å². The molecular weight excluding hydrogens is 454 g/mol. The zero-order valence-corrected chi connectivity index (χ0v) is 18.0. The summed E-state index contributed by atoms with van der Waals surface area (Å²) in [7, 11) is 3.23. The fraction of sp³-hybridized carbons (Fsp3) is 0.0952. The van der Waals surface area contributed by atoms with E-state index in [-0.39, 0.29) is 5.56 Å². The SMILES string of the molecule is COc1ccc(/C=C/c2nc3s/c(=C/c4cc(Br)ccc4OC)c(=O)n3n2)cc1. The van der Waals surface area contributed by atoms with Gasteiger partial charge in [0, 0.05) is 10.0 Å². The lowest BCUT2D eigenvalue weighted by Gasteiger charge is -2.04. The van der Waals surface area contributed by atoms with Crippen LogP contribution >= 0.6 is 27.3 Å². The summed E-state index contributed by atoms with van der Waals surface area (Å²) in [4.78, 5) is 17.7. The van der Waals surface area contributed by atoms with Crippen LogP contribution in [0.4, 0.5) is 0 Å². The first-order valence-electron chi connectivity index (χ1n) is 8.64. The van der Waals surface area contributed by atoms with Crippen molar-refractivity contribution in [3.05, 3.63) is 78.8 Å². The standard InChI is InChI=1S/C21H16BrN3O3S/c1-27-16-7-3-13(4-8-16)5-10-19-23-21-25(24-19)20(26)18(29-21)12-14-11-15(22)6-9-17(14)28-2/h3-12H,1-2H3/b10-5+,18-12+. The Morgan fingerprint density at radius 2 is 1.86 bits per heavy atom. The van der Waals surface area contributed by atoms with E-state index in [1.807, 2.05) is 48.5 Å². The van der Waals surface area contributed by atoms with Crippen LogP contribution in [0.2, 0.25) is 0 Å². The van der Waals surface area contributed by atoms with Gasteiger partial charge in [0.15, 0.2) is 5.82 Å². The minimum absolute atomic E-state index is 0.205. The summed E-state index contributed by atoms with van der Waals surface area (Å²) >= 11 is 4.74. The van der Waals surface area contributed by atoms with E-state index in [1.54, 1.807) is 26.4 Å². The van der Waals surface area contributed by atoms with Gasteiger partial charge in [-0.15, -0.1) is 5.10 Å². The van der Waals surface area contributed by atoms with Crippen molar-refractivity contribution < 1.29 is 9.47 Å². The van der Waals surface area contributed by atoms with Crippen molar-refractivity contribution in [2.75, 3.05) is 14.2 Å². The normalized spacial score (nSPS) is 12.2. The fourth-order valence-electron chi connectivity index (χ4n) is 2.76. The number of nitrogens with zero attached hydrogens (tertiary/aromatic N) is 3. The molecule has 0 fully saturated rings. The Kier molecular flexibility index (Phi) is 5.46. The lowest BCUT2D eigenvalue weighted by atomic mass is 10.2. The maximum atomic E-state index is 12.7. The molecule has 0 amide bonds. The molecule has 4 rings (SSSR count). The molecule has 6 nitrogen and oxygen atoms in total. The topological polar surface area (TPSA) is 65.7 Å². The van der Waals surface area contributed by atoms with Crippen LogP contribution in [0.3, 0.4) is 0 Å². The number of halogens is 1. The van der Waals surface area contributed by atoms with Gasteiger partial charge in [-0.1, -0.05) is 45.5 Å². The molecule has 0 bridgehead atoms. The highest BCUT2D eigenvalue weighted by Crippen LogP contribution is 2.23. The van der Waals surface area contributed by atoms with Gasteiger partial charge in [-0.2, -0.15) is 9.50 Å². The zero-order valence-electron chi connectivity index (χ0n) is 15.6. The Labute approximate surface area is 178 Å². The molecule has 0 aliphatic carbocycles. The van der Waals surface area contributed by atoms with Gasteiger partial charge in [0.05, 0.1) is 18.8 Å². The molecule has 0 aliphatic heterocycles. The second-order valence-corrected chi connectivity index (χ2v) is 8.00. The molecule has 0 aliphatic rings. The van der Waals surface area contributed by atoms with Gasteiger partial charge >= 0.3 is 0 Å². The third kappa shape index (κ3) is 4.08. The smallest absolute Gasteiger partial charge is 0.291 e. The first kappa shape index (κ1) is 19.4. The van der Waals surface area contributed by atoms with Gasteiger partial charge in [-0.3, -0.25) is 4.79 Å². The number of thiazole rings is 1. The van der Waals surface area contributed by atoms with E-state index in [4.69, 9.17) is 9.47 Å². The van der Waals surface area contributed by atoms with Crippen LogP contribution in [-0.2, 0) is 0 Å². The molecule has 0 saturated carbocycles. The predicted octanol–water partition coefficient (Wildman–Crippen LogP) is 3.65. The Morgan fingerprint density at radius 1 is 1.07 bits per heavy atom. The molecule has 2 heterocycles. The molecule has 0 saturated heterocycles. The summed E-state index contributed by atoms with van der Waals surface area (Å²) in [6.07, 6.45) is 5.46. The van der Waals surface area contributed by atoms with Crippen molar-refractivity contribution in [2.45, 2.75) is 0 Å². The van der Waals surface area contributed by atoms with Crippen LogP contribution in [0, 0.1) is 0 Å². The molecule has 2 aromatic carbocycles. The Morgan fingerprint density at radius 3 is 2.55 bits per heavy atom. The highest BCUT2D eigenvalue weighted by Gasteiger charge is 2.10. The minimum Gasteiger partial charge on any atom is -0.497 e. The van der Waals surface area contributed by atoms with Crippen LogP contribution in [0.25, 0.3) is 23.2 Å². The summed E-state index contributed by atoms with van der Waals surface area (Å²) in [5.74, 6) is 1.97. The van der Waals surface area contributed by atoms with Gasteiger partial charge < -0.3 is 9.47 Å². The molecule has 4 aromatic rings. The molecular formula is C21H16BrN3O3S. The average molecular weight is 470 g/mol. The average Bonchev–Trinajstić information content (AvgIpc) is 3.26. The molecule has 0 spiro atoms. The lowest BCUT2D eigenvalue weighted by molar-refractivity contribution is 0.413. The number of ether oxygens (including phenoxy) is 2. The fourth-order valence-corrected chi connectivity index (χ4v) is 4.05. The van der Waals surface area contributed by atoms with E-state index in [9.17, 15) is 4.79 Å². The van der Waals surface area contributed by atoms with Gasteiger partial charge in [0.1, 0.15) is 11.5 Å². The first-order chi connectivity index (χ1) is 14.1. The molecule has 0 N–H and O–H groups in total. The Bertz CT molecular complexity index is 1310. The van der Waals surface area contributed by atoms with Crippen molar-refractivity contribution in [1.82, 2.24) is 14.6 Å². The highest BCUT2D eigenvalue weighted by atomic mass is 79.9. The zero-order chi connectivity index (χ0) is 20.4. The van der Waals surface area contributed by atoms with Gasteiger partial charge in [-0.05, 0) is 48.0 Å².